The molecule has 17 heavy (non-hydrogen) atoms. The Morgan fingerprint density at radius 2 is 2.18 bits per heavy atom. The van der Waals surface area contributed by atoms with E-state index >= 15 is 0 Å². The minimum atomic E-state index is 0.493. The molecule has 0 aliphatic carbocycles. The van der Waals surface area contributed by atoms with Gasteiger partial charge in [-0.05, 0) is 26.9 Å². The first-order chi connectivity index (χ1) is 8.06. The van der Waals surface area contributed by atoms with E-state index < -0.39 is 0 Å². The van der Waals surface area contributed by atoms with Gasteiger partial charge in [0.05, 0.1) is 13.2 Å². The Morgan fingerprint density at radius 3 is 2.76 bits per heavy atom. The number of methoxy groups -OCH3 is 1. The standard InChI is InChI=1S/C12H26N4O/c1-11(2)10-15-12(13)14-6-5-7-16(3)8-9-17-4/h1,5-10H2,2-4H3,(H3,13,14,15). The maximum absolute atomic E-state index is 5.68. The lowest BCUT2D eigenvalue weighted by atomic mass is 10.3. The Bertz CT molecular complexity index is 241. The summed E-state index contributed by atoms with van der Waals surface area (Å²) in [6.45, 7) is 9.87. The van der Waals surface area contributed by atoms with Crippen LogP contribution in [0, 0.1) is 0 Å². The molecule has 3 N–H and O–H groups in total. The summed E-state index contributed by atoms with van der Waals surface area (Å²) in [5.41, 5.74) is 6.69. The molecule has 0 aromatic rings. The van der Waals surface area contributed by atoms with Crippen LogP contribution in [0.3, 0.4) is 0 Å². The fraction of sp³-hybridized carbons (Fsp3) is 0.750. The number of nitrogens with two attached hydrogens (primary N) is 1. The molecular weight excluding hydrogens is 216 g/mol. The van der Waals surface area contributed by atoms with Crippen LogP contribution in [0.15, 0.2) is 17.1 Å². The number of aliphatic imine (C=N–C) groups is 1. The van der Waals surface area contributed by atoms with E-state index in [2.05, 4.69) is 28.8 Å². The van der Waals surface area contributed by atoms with Gasteiger partial charge in [-0.2, -0.15) is 0 Å². The number of hydrogen-bond donors (Lipinski definition) is 2. The molecule has 0 rings (SSSR count). The van der Waals surface area contributed by atoms with E-state index in [0.29, 0.717) is 12.5 Å². The quantitative estimate of drug-likeness (QED) is 0.266. The smallest absolute Gasteiger partial charge is 0.188 e. The summed E-state index contributed by atoms with van der Waals surface area (Å²) < 4.78 is 5.01. The van der Waals surface area contributed by atoms with Gasteiger partial charge in [0, 0.05) is 20.2 Å². The minimum absolute atomic E-state index is 0.493. The van der Waals surface area contributed by atoms with Gasteiger partial charge in [0.15, 0.2) is 5.96 Å². The number of likely N-dealkylation sites (N-methyl/N-ethyl adjacent to an activating group) is 1. The van der Waals surface area contributed by atoms with Crippen LogP contribution in [0.25, 0.3) is 0 Å². The fourth-order valence-corrected chi connectivity index (χ4v) is 1.20. The monoisotopic (exact) mass is 242 g/mol. The van der Waals surface area contributed by atoms with Gasteiger partial charge in [-0.3, -0.25) is 0 Å². The van der Waals surface area contributed by atoms with E-state index in [-0.39, 0.29) is 0 Å². The van der Waals surface area contributed by atoms with Crippen molar-refractivity contribution in [2.24, 2.45) is 10.7 Å². The van der Waals surface area contributed by atoms with E-state index in [9.17, 15) is 0 Å². The molecule has 0 saturated heterocycles. The van der Waals surface area contributed by atoms with Crippen LogP contribution >= 0.6 is 0 Å². The van der Waals surface area contributed by atoms with Crippen molar-refractivity contribution in [1.29, 1.82) is 0 Å². The Morgan fingerprint density at radius 1 is 1.47 bits per heavy atom. The van der Waals surface area contributed by atoms with E-state index in [4.69, 9.17) is 10.5 Å². The molecule has 0 radical (unpaired) electrons. The molecule has 100 valence electrons. The Kier molecular flexibility index (Phi) is 9.47. The second kappa shape index (κ2) is 10.1. The summed E-state index contributed by atoms with van der Waals surface area (Å²) in [6, 6.07) is 0. The highest BCUT2D eigenvalue weighted by atomic mass is 16.5. The third kappa shape index (κ3) is 11.2. The predicted molar refractivity (Wildman–Crippen MR) is 73.3 cm³/mol. The van der Waals surface area contributed by atoms with Crippen LogP contribution in [-0.2, 0) is 4.74 Å². The van der Waals surface area contributed by atoms with Gasteiger partial charge >= 0.3 is 0 Å². The number of hydrogen-bond acceptors (Lipinski definition) is 3. The minimum Gasteiger partial charge on any atom is -0.383 e. The molecule has 0 heterocycles. The average molecular weight is 242 g/mol. The summed E-state index contributed by atoms with van der Waals surface area (Å²) >= 11 is 0. The molecule has 0 aliphatic rings. The summed E-state index contributed by atoms with van der Waals surface area (Å²) in [6.07, 6.45) is 1.03. The second-order valence-electron chi connectivity index (χ2n) is 4.23. The van der Waals surface area contributed by atoms with Gasteiger partial charge in [-0.15, -0.1) is 0 Å². The van der Waals surface area contributed by atoms with Gasteiger partial charge in [-0.1, -0.05) is 12.2 Å². The molecule has 0 bridgehead atoms. The van der Waals surface area contributed by atoms with Gasteiger partial charge in [-0.25, -0.2) is 4.99 Å². The number of guanidine groups is 1. The number of nitrogens with one attached hydrogen (secondary N) is 1. The third-order valence-corrected chi connectivity index (χ3v) is 2.22. The van der Waals surface area contributed by atoms with E-state index in [1.165, 1.54) is 0 Å². The molecular formula is C12H26N4O. The molecule has 0 aliphatic heterocycles. The van der Waals surface area contributed by atoms with Gasteiger partial charge < -0.3 is 20.7 Å². The van der Waals surface area contributed by atoms with Gasteiger partial charge in [0.2, 0.25) is 0 Å². The van der Waals surface area contributed by atoms with Crippen LogP contribution in [0.1, 0.15) is 13.3 Å². The first kappa shape index (κ1) is 15.9. The second-order valence-corrected chi connectivity index (χ2v) is 4.23. The zero-order valence-electron chi connectivity index (χ0n) is 11.3. The maximum Gasteiger partial charge on any atom is 0.188 e. The van der Waals surface area contributed by atoms with E-state index in [1.54, 1.807) is 7.11 Å². The van der Waals surface area contributed by atoms with Crippen molar-refractivity contribution in [2.45, 2.75) is 13.3 Å². The fourth-order valence-electron chi connectivity index (χ4n) is 1.20. The molecule has 0 spiro atoms. The topological polar surface area (TPSA) is 62.9 Å². The predicted octanol–water partition coefficient (Wildman–Crippen LogP) is 0.435. The van der Waals surface area contributed by atoms with Crippen molar-refractivity contribution < 1.29 is 4.74 Å². The van der Waals surface area contributed by atoms with Gasteiger partial charge in [0.25, 0.3) is 0 Å². The number of ether oxygens (including phenoxy) is 1. The van der Waals surface area contributed by atoms with Crippen LogP contribution in [0.4, 0.5) is 0 Å². The van der Waals surface area contributed by atoms with Crippen molar-refractivity contribution in [3.63, 3.8) is 0 Å². The zero-order chi connectivity index (χ0) is 13.1. The van der Waals surface area contributed by atoms with Crippen molar-refractivity contribution >= 4 is 5.96 Å². The molecule has 5 nitrogen and oxygen atoms in total. The van der Waals surface area contributed by atoms with Crippen LogP contribution in [-0.4, -0.2) is 57.8 Å². The lowest BCUT2D eigenvalue weighted by Crippen LogP contribution is -2.34. The Labute approximate surface area is 105 Å². The largest absolute Gasteiger partial charge is 0.383 e. The first-order valence-electron chi connectivity index (χ1n) is 5.92. The molecule has 0 saturated carbocycles. The highest BCUT2D eigenvalue weighted by Crippen LogP contribution is 1.88. The third-order valence-electron chi connectivity index (χ3n) is 2.22. The molecule has 5 heteroatoms. The summed E-state index contributed by atoms with van der Waals surface area (Å²) in [4.78, 5) is 6.37. The highest BCUT2D eigenvalue weighted by molar-refractivity contribution is 5.77. The molecule has 0 unspecified atom stereocenters. The van der Waals surface area contributed by atoms with Crippen molar-refractivity contribution in [2.75, 3.05) is 46.9 Å². The molecule has 0 aromatic heterocycles. The number of nitrogens with zero attached hydrogens (tertiary/aromatic N) is 2. The van der Waals surface area contributed by atoms with Crippen molar-refractivity contribution in [3.05, 3.63) is 12.2 Å². The Hall–Kier alpha value is -1.07. The number of rotatable bonds is 9. The summed E-state index contributed by atoms with van der Waals surface area (Å²) in [7, 11) is 3.80. The SMILES string of the molecule is C=C(C)CN=C(N)NCCCN(C)CCOC. The lowest BCUT2D eigenvalue weighted by molar-refractivity contribution is 0.161. The summed E-state index contributed by atoms with van der Waals surface area (Å²) in [5, 5.41) is 3.08. The molecule has 0 aromatic carbocycles. The average Bonchev–Trinajstić information content (AvgIpc) is 2.29. The van der Waals surface area contributed by atoms with Crippen molar-refractivity contribution in [3.8, 4) is 0 Å². The van der Waals surface area contributed by atoms with Crippen molar-refractivity contribution in [1.82, 2.24) is 10.2 Å². The lowest BCUT2D eigenvalue weighted by Gasteiger charge is -2.15. The maximum atomic E-state index is 5.68. The molecule has 0 fully saturated rings. The van der Waals surface area contributed by atoms with Crippen LogP contribution in [0.2, 0.25) is 0 Å². The molecule has 0 amide bonds. The molecule has 0 atom stereocenters. The van der Waals surface area contributed by atoms with Crippen LogP contribution < -0.4 is 11.1 Å². The van der Waals surface area contributed by atoms with E-state index in [1.807, 2.05) is 6.92 Å². The van der Waals surface area contributed by atoms with E-state index in [0.717, 1.165) is 38.2 Å². The highest BCUT2D eigenvalue weighted by Gasteiger charge is 1.97. The zero-order valence-corrected chi connectivity index (χ0v) is 11.3. The van der Waals surface area contributed by atoms with Gasteiger partial charge in [0.1, 0.15) is 0 Å². The Balaban J connectivity index is 3.50. The normalized spacial score (nSPS) is 11.9. The summed E-state index contributed by atoms with van der Waals surface area (Å²) in [5.74, 6) is 0.493. The first-order valence-corrected chi connectivity index (χ1v) is 5.92. The van der Waals surface area contributed by atoms with Crippen LogP contribution in [0.5, 0.6) is 0 Å².